The zero-order valence-electron chi connectivity index (χ0n) is 14.2. The first kappa shape index (κ1) is 18.7. The Balaban J connectivity index is 2.94. The number of benzene rings is 1. The summed E-state index contributed by atoms with van der Waals surface area (Å²) in [5, 5.41) is 0. The number of carbonyl (C=O) groups is 1. The van der Waals surface area contributed by atoms with Gasteiger partial charge in [-0.3, -0.25) is 4.79 Å². The quantitative estimate of drug-likeness (QED) is 0.721. The molecule has 0 aliphatic heterocycles. The van der Waals surface area contributed by atoms with E-state index in [1.165, 1.54) is 0 Å². The maximum atomic E-state index is 12.8. The molecule has 1 aromatic carbocycles. The van der Waals surface area contributed by atoms with Crippen molar-refractivity contribution in [2.45, 2.75) is 13.8 Å². The molecule has 0 unspecified atom stereocenters. The van der Waals surface area contributed by atoms with Crippen LogP contribution in [0.4, 0.5) is 0 Å². The third-order valence-corrected chi connectivity index (χ3v) is 5.86. The summed E-state index contributed by atoms with van der Waals surface area (Å²) in [5.41, 5.74) is 0.598. The van der Waals surface area contributed by atoms with Gasteiger partial charge < -0.3 is 9.42 Å². The van der Waals surface area contributed by atoms with Crippen LogP contribution in [0.3, 0.4) is 0 Å². The van der Waals surface area contributed by atoms with Crippen LogP contribution in [0.25, 0.3) is 0 Å². The number of carbonyl (C=O) groups excluding carboxylic acids is 1. The van der Waals surface area contributed by atoms with Gasteiger partial charge in [-0.2, -0.15) is 0 Å². The summed E-state index contributed by atoms with van der Waals surface area (Å²) >= 11 is 0. The zero-order chi connectivity index (χ0) is 16.9. The molecule has 0 radical (unpaired) electrons. The Morgan fingerprint density at radius 2 is 1.45 bits per heavy atom. The average molecular weight is 327 g/mol. The predicted molar refractivity (Wildman–Crippen MR) is 89.3 cm³/mol. The molecular weight excluding hydrogens is 301 g/mol. The van der Waals surface area contributed by atoms with Crippen molar-refractivity contribution in [2.24, 2.45) is 0 Å². The van der Waals surface area contributed by atoms with E-state index in [1.54, 1.807) is 66.7 Å². The lowest BCUT2D eigenvalue weighted by molar-refractivity contribution is 0.0773. The monoisotopic (exact) mass is 327 g/mol. The van der Waals surface area contributed by atoms with Crippen LogP contribution in [-0.2, 0) is 4.57 Å². The standard InChI is InChI=1S/C15H26N3O3P/c1-7-18(8-2)15(19)13-9-11-14(12-10-13)21-22(20,16(3)4)17(5)6/h9-12H,7-8H2,1-6H3. The van der Waals surface area contributed by atoms with Crippen molar-refractivity contribution >= 4 is 13.6 Å². The van der Waals surface area contributed by atoms with Gasteiger partial charge in [0.2, 0.25) is 0 Å². The Hall–Kier alpha value is -1.36. The second kappa shape index (κ2) is 7.77. The Morgan fingerprint density at radius 3 is 1.82 bits per heavy atom. The topological polar surface area (TPSA) is 53.1 Å². The lowest BCUT2D eigenvalue weighted by atomic mass is 10.2. The van der Waals surface area contributed by atoms with Crippen LogP contribution in [0.5, 0.6) is 5.75 Å². The van der Waals surface area contributed by atoms with Gasteiger partial charge in [-0.05, 0) is 66.3 Å². The first-order valence-corrected chi connectivity index (χ1v) is 8.83. The van der Waals surface area contributed by atoms with Gasteiger partial charge in [0.25, 0.3) is 5.91 Å². The Bertz CT molecular complexity index is 527. The Kier molecular flexibility index (Phi) is 6.60. The fourth-order valence-corrected chi connectivity index (χ4v) is 3.45. The van der Waals surface area contributed by atoms with Gasteiger partial charge in [0.05, 0.1) is 0 Å². The van der Waals surface area contributed by atoms with Gasteiger partial charge in [0.1, 0.15) is 5.75 Å². The van der Waals surface area contributed by atoms with Crippen molar-refractivity contribution in [3.8, 4) is 5.75 Å². The van der Waals surface area contributed by atoms with Crippen molar-refractivity contribution in [1.82, 2.24) is 14.2 Å². The number of nitrogens with zero attached hydrogens (tertiary/aromatic N) is 3. The van der Waals surface area contributed by atoms with Gasteiger partial charge in [-0.25, -0.2) is 13.9 Å². The molecular formula is C15H26N3O3P. The summed E-state index contributed by atoms with van der Waals surface area (Å²) in [6.45, 7) is 5.24. The highest BCUT2D eigenvalue weighted by Crippen LogP contribution is 2.50. The normalized spacial score (nSPS) is 11.8. The summed E-state index contributed by atoms with van der Waals surface area (Å²) < 4.78 is 21.5. The molecule has 1 rings (SSSR count). The second-order valence-electron chi connectivity index (χ2n) is 5.28. The number of hydrogen-bond acceptors (Lipinski definition) is 3. The SMILES string of the molecule is CCN(CC)C(=O)c1ccc(OP(=O)(N(C)C)N(C)C)cc1. The Labute approximate surface area is 133 Å². The van der Waals surface area contributed by atoms with Gasteiger partial charge in [0, 0.05) is 18.7 Å². The molecule has 0 saturated heterocycles. The molecule has 124 valence electrons. The van der Waals surface area contributed by atoms with Gasteiger partial charge in [0.15, 0.2) is 0 Å². The van der Waals surface area contributed by atoms with E-state index in [9.17, 15) is 9.36 Å². The molecule has 1 amide bonds. The minimum Gasteiger partial charge on any atom is -0.422 e. The van der Waals surface area contributed by atoms with Gasteiger partial charge >= 0.3 is 7.67 Å². The van der Waals surface area contributed by atoms with Crippen LogP contribution in [0.1, 0.15) is 24.2 Å². The van der Waals surface area contributed by atoms with Crippen LogP contribution in [0, 0.1) is 0 Å². The minimum atomic E-state index is -3.08. The third-order valence-electron chi connectivity index (χ3n) is 3.39. The molecule has 0 bridgehead atoms. The van der Waals surface area contributed by atoms with E-state index in [1.807, 2.05) is 13.8 Å². The molecule has 0 N–H and O–H groups in total. The number of hydrogen-bond donors (Lipinski definition) is 0. The largest absolute Gasteiger partial charge is 0.422 e. The summed E-state index contributed by atoms with van der Waals surface area (Å²) in [4.78, 5) is 14.0. The molecule has 0 heterocycles. The lowest BCUT2D eigenvalue weighted by Crippen LogP contribution is -2.30. The highest BCUT2D eigenvalue weighted by Gasteiger charge is 2.31. The second-order valence-corrected chi connectivity index (χ2v) is 8.04. The van der Waals surface area contributed by atoms with Crippen molar-refractivity contribution < 1.29 is 13.9 Å². The molecule has 6 nitrogen and oxygen atoms in total. The van der Waals surface area contributed by atoms with E-state index in [4.69, 9.17) is 4.52 Å². The van der Waals surface area contributed by atoms with Crippen LogP contribution in [0.2, 0.25) is 0 Å². The molecule has 1 aromatic rings. The van der Waals surface area contributed by atoms with Crippen LogP contribution in [0.15, 0.2) is 24.3 Å². The van der Waals surface area contributed by atoms with Crippen molar-refractivity contribution in [2.75, 3.05) is 41.3 Å². The molecule has 0 spiro atoms. The third kappa shape index (κ3) is 4.09. The maximum absolute atomic E-state index is 12.8. The maximum Gasteiger partial charge on any atom is 0.394 e. The first-order chi connectivity index (χ1) is 10.3. The van der Waals surface area contributed by atoms with Crippen LogP contribution < -0.4 is 4.52 Å². The number of amides is 1. The summed E-state index contributed by atoms with van der Waals surface area (Å²) in [7, 11) is 3.75. The van der Waals surface area contributed by atoms with Crippen molar-refractivity contribution in [1.29, 1.82) is 0 Å². The average Bonchev–Trinajstić information content (AvgIpc) is 2.48. The fraction of sp³-hybridized carbons (Fsp3) is 0.533. The van der Waals surface area contributed by atoms with Gasteiger partial charge in [-0.15, -0.1) is 0 Å². The molecule has 0 fully saturated rings. The summed E-state index contributed by atoms with van der Waals surface area (Å²) in [6.07, 6.45) is 0. The van der Waals surface area contributed by atoms with E-state index in [0.29, 0.717) is 24.4 Å². The zero-order valence-corrected chi connectivity index (χ0v) is 15.1. The minimum absolute atomic E-state index is 0.0139. The summed E-state index contributed by atoms with van der Waals surface area (Å²) in [5.74, 6) is 0.460. The highest BCUT2D eigenvalue weighted by molar-refractivity contribution is 7.54. The molecule has 0 aliphatic rings. The first-order valence-electron chi connectivity index (χ1n) is 7.30. The predicted octanol–water partition coefficient (Wildman–Crippen LogP) is 2.78. The van der Waals surface area contributed by atoms with Crippen LogP contribution >= 0.6 is 7.67 Å². The molecule has 0 saturated carbocycles. The van der Waals surface area contributed by atoms with E-state index in [0.717, 1.165) is 0 Å². The van der Waals surface area contributed by atoms with Crippen LogP contribution in [-0.4, -0.2) is 61.4 Å². The van der Waals surface area contributed by atoms with E-state index in [-0.39, 0.29) is 5.91 Å². The van der Waals surface area contributed by atoms with Gasteiger partial charge in [-0.1, -0.05) is 0 Å². The van der Waals surface area contributed by atoms with Crippen molar-refractivity contribution in [3.05, 3.63) is 29.8 Å². The Morgan fingerprint density at radius 1 is 1.00 bits per heavy atom. The molecule has 0 aromatic heterocycles. The van der Waals surface area contributed by atoms with E-state index in [2.05, 4.69) is 0 Å². The highest BCUT2D eigenvalue weighted by atomic mass is 31.2. The van der Waals surface area contributed by atoms with E-state index >= 15 is 0 Å². The summed E-state index contributed by atoms with van der Waals surface area (Å²) in [6, 6.07) is 6.75. The molecule has 22 heavy (non-hydrogen) atoms. The van der Waals surface area contributed by atoms with E-state index < -0.39 is 7.67 Å². The molecule has 0 aliphatic carbocycles. The molecule has 0 atom stereocenters. The lowest BCUT2D eigenvalue weighted by Gasteiger charge is -2.29. The van der Waals surface area contributed by atoms with Crippen molar-refractivity contribution in [3.63, 3.8) is 0 Å². The number of rotatable bonds is 7. The molecule has 7 heteroatoms. The smallest absolute Gasteiger partial charge is 0.394 e. The fourth-order valence-electron chi connectivity index (χ4n) is 2.01.